The Morgan fingerprint density at radius 1 is 1.09 bits per heavy atom. The molecule has 174 valence electrons. The Balaban J connectivity index is 1.42. The van der Waals surface area contributed by atoms with Gasteiger partial charge in [0.1, 0.15) is 0 Å². The monoisotopic (exact) mass is 475 g/mol. The maximum atomic E-state index is 13.1. The van der Waals surface area contributed by atoms with Gasteiger partial charge in [-0.1, -0.05) is 73.1 Å². The molecule has 1 unspecified atom stereocenters. The van der Waals surface area contributed by atoms with Crippen molar-refractivity contribution in [3.05, 3.63) is 70.5 Å². The molecule has 1 atom stereocenters. The van der Waals surface area contributed by atoms with Crippen molar-refractivity contribution >= 4 is 28.4 Å². The van der Waals surface area contributed by atoms with E-state index in [1.165, 1.54) is 16.4 Å². The maximum Gasteiger partial charge on any atom is 0.277 e. The molecule has 1 aliphatic carbocycles. The molecule has 4 aromatic rings. The summed E-state index contributed by atoms with van der Waals surface area (Å²) in [6.07, 6.45) is 4.39. The lowest BCUT2D eigenvalue weighted by Gasteiger charge is -2.14. The fourth-order valence-electron chi connectivity index (χ4n) is 4.20. The normalized spacial score (nSPS) is 15.0. The van der Waals surface area contributed by atoms with Gasteiger partial charge in [0.15, 0.2) is 5.69 Å². The SMILES string of the molecule is CC(Sc1nnc(-c2nn(Cc3ccccc3)c(=O)c3ccccc23)o1)C(=O)NC1CCCC1. The molecule has 2 aromatic heterocycles. The Kier molecular flexibility index (Phi) is 6.44. The van der Waals surface area contributed by atoms with E-state index < -0.39 is 0 Å². The van der Waals surface area contributed by atoms with Gasteiger partial charge in [-0.3, -0.25) is 9.59 Å². The highest BCUT2D eigenvalue weighted by molar-refractivity contribution is 8.00. The number of carbonyl (C=O) groups is 1. The zero-order valence-corrected chi connectivity index (χ0v) is 19.6. The molecule has 0 aliphatic heterocycles. The predicted octanol–water partition coefficient (Wildman–Crippen LogP) is 4.03. The second-order valence-corrected chi connectivity index (χ2v) is 9.76. The van der Waals surface area contributed by atoms with Crippen LogP contribution in [0.25, 0.3) is 22.4 Å². The lowest BCUT2D eigenvalue weighted by Crippen LogP contribution is -2.37. The third-order valence-electron chi connectivity index (χ3n) is 6.00. The molecule has 0 radical (unpaired) electrons. The zero-order valence-electron chi connectivity index (χ0n) is 18.8. The predicted molar refractivity (Wildman–Crippen MR) is 131 cm³/mol. The number of hydrogen-bond donors (Lipinski definition) is 1. The van der Waals surface area contributed by atoms with E-state index in [-0.39, 0.29) is 33.9 Å². The van der Waals surface area contributed by atoms with Gasteiger partial charge in [-0.05, 0) is 31.4 Å². The quantitative estimate of drug-likeness (QED) is 0.403. The Morgan fingerprint density at radius 3 is 2.56 bits per heavy atom. The lowest BCUT2D eigenvalue weighted by atomic mass is 10.1. The molecule has 2 aromatic carbocycles. The first kappa shape index (κ1) is 22.3. The number of carbonyl (C=O) groups excluding carboxylic acids is 1. The highest BCUT2D eigenvalue weighted by Crippen LogP contribution is 2.29. The molecule has 34 heavy (non-hydrogen) atoms. The van der Waals surface area contributed by atoms with E-state index in [1.807, 2.05) is 55.5 Å². The molecule has 0 bridgehead atoms. The maximum absolute atomic E-state index is 13.1. The molecular weight excluding hydrogens is 450 g/mol. The number of fused-ring (bicyclic) bond motifs is 1. The third-order valence-corrected chi connectivity index (χ3v) is 6.93. The van der Waals surface area contributed by atoms with E-state index >= 15 is 0 Å². The number of amides is 1. The fourth-order valence-corrected chi connectivity index (χ4v) is 4.90. The van der Waals surface area contributed by atoms with E-state index in [1.54, 1.807) is 6.07 Å². The summed E-state index contributed by atoms with van der Waals surface area (Å²) in [5.74, 6) is 0.181. The number of aromatic nitrogens is 4. The molecule has 1 saturated carbocycles. The van der Waals surface area contributed by atoms with E-state index in [0.29, 0.717) is 23.0 Å². The summed E-state index contributed by atoms with van der Waals surface area (Å²) in [7, 11) is 0. The summed E-state index contributed by atoms with van der Waals surface area (Å²) in [4.78, 5) is 25.6. The second kappa shape index (κ2) is 9.80. The summed E-state index contributed by atoms with van der Waals surface area (Å²) in [5, 5.41) is 17.1. The Bertz CT molecular complexity index is 1360. The van der Waals surface area contributed by atoms with Crippen molar-refractivity contribution in [2.75, 3.05) is 0 Å². The van der Waals surface area contributed by atoms with Crippen LogP contribution in [0.5, 0.6) is 0 Å². The van der Waals surface area contributed by atoms with Crippen LogP contribution in [-0.2, 0) is 11.3 Å². The molecule has 1 N–H and O–H groups in total. The summed E-state index contributed by atoms with van der Waals surface area (Å²) >= 11 is 1.22. The minimum absolute atomic E-state index is 0.0309. The van der Waals surface area contributed by atoms with Crippen LogP contribution in [0.3, 0.4) is 0 Å². The fraction of sp³-hybridized carbons (Fsp3) is 0.320. The van der Waals surface area contributed by atoms with E-state index in [4.69, 9.17) is 4.42 Å². The minimum atomic E-state index is -0.370. The summed E-state index contributed by atoms with van der Waals surface area (Å²) in [6, 6.07) is 17.2. The zero-order chi connectivity index (χ0) is 23.5. The lowest BCUT2D eigenvalue weighted by molar-refractivity contribution is -0.120. The summed E-state index contributed by atoms with van der Waals surface area (Å²) in [5.41, 5.74) is 1.21. The van der Waals surface area contributed by atoms with Crippen LogP contribution in [0.15, 0.2) is 69.0 Å². The molecule has 1 aliphatic rings. The first-order valence-corrected chi connectivity index (χ1v) is 12.3. The van der Waals surface area contributed by atoms with E-state index in [9.17, 15) is 9.59 Å². The summed E-state index contributed by atoms with van der Waals surface area (Å²) in [6.45, 7) is 2.15. The van der Waals surface area contributed by atoms with Crippen molar-refractivity contribution in [1.29, 1.82) is 0 Å². The largest absolute Gasteiger partial charge is 0.409 e. The van der Waals surface area contributed by atoms with Crippen LogP contribution in [0.4, 0.5) is 0 Å². The van der Waals surface area contributed by atoms with Gasteiger partial charge in [0, 0.05) is 11.4 Å². The molecule has 0 spiro atoms. The Labute approximate surface area is 200 Å². The number of hydrogen-bond acceptors (Lipinski definition) is 7. The van der Waals surface area contributed by atoms with Gasteiger partial charge >= 0.3 is 0 Å². The smallest absolute Gasteiger partial charge is 0.277 e. The Hall–Kier alpha value is -3.46. The molecule has 2 heterocycles. The first-order valence-electron chi connectivity index (χ1n) is 11.4. The van der Waals surface area contributed by atoms with Gasteiger partial charge < -0.3 is 9.73 Å². The van der Waals surface area contributed by atoms with Crippen molar-refractivity contribution in [3.8, 4) is 11.6 Å². The van der Waals surface area contributed by atoms with Crippen LogP contribution in [0.2, 0.25) is 0 Å². The van der Waals surface area contributed by atoms with Crippen LogP contribution in [-0.4, -0.2) is 37.2 Å². The summed E-state index contributed by atoms with van der Waals surface area (Å²) < 4.78 is 7.31. The van der Waals surface area contributed by atoms with Crippen molar-refractivity contribution in [2.24, 2.45) is 0 Å². The van der Waals surface area contributed by atoms with Gasteiger partial charge in [-0.2, -0.15) is 5.10 Å². The third kappa shape index (κ3) is 4.75. The minimum Gasteiger partial charge on any atom is -0.409 e. The van der Waals surface area contributed by atoms with Crippen LogP contribution in [0.1, 0.15) is 38.2 Å². The van der Waals surface area contributed by atoms with Gasteiger partial charge in [0.05, 0.1) is 17.2 Å². The molecule has 9 heteroatoms. The molecule has 1 fully saturated rings. The Morgan fingerprint density at radius 2 is 1.79 bits per heavy atom. The van der Waals surface area contributed by atoms with Crippen LogP contribution in [0, 0.1) is 0 Å². The van der Waals surface area contributed by atoms with Crippen molar-refractivity contribution in [1.82, 2.24) is 25.3 Å². The highest BCUT2D eigenvalue weighted by atomic mass is 32.2. The van der Waals surface area contributed by atoms with Crippen molar-refractivity contribution in [2.45, 2.75) is 55.7 Å². The topological polar surface area (TPSA) is 103 Å². The number of thioether (sulfide) groups is 1. The van der Waals surface area contributed by atoms with Gasteiger partial charge in [-0.15, -0.1) is 10.2 Å². The van der Waals surface area contributed by atoms with Crippen molar-refractivity contribution < 1.29 is 9.21 Å². The highest BCUT2D eigenvalue weighted by Gasteiger charge is 2.24. The molecule has 0 saturated heterocycles. The molecule has 5 rings (SSSR count). The number of nitrogens with one attached hydrogen (secondary N) is 1. The number of benzene rings is 2. The molecule has 8 nitrogen and oxygen atoms in total. The van der Waals surface area contributed by atoms with Gasteiger partial charge in [0.25, 0.3) is 16.7 Å². The first-order chi connectivity index (χ1) is 16.6. The molecular formula is C25H25N5O3S. The number of rotatable bonds is 7. The van der Waals surface area contributed by atoms with Crippen LogP contribution < -0.4 is 10.9 Å². The van der Waals surface area contributed by atoms with Gasteiger partial charge in [0.2, 0.25) is 5.91 Å². The average Bonchev–Trinajstić information content (AvgIpc) is 3.54. The van der Waals surface area contributed by atoms with E-state index in [0.717, 1.165) is 31.2 Å². The average molecular weight is 476 g/mol. The molecule has 1 amide bonds. The van der Waals surface area contributed by atoms with Crippen LogP contribution >= 0.6 is 11.8 Å². The second-order valence-electron chi connectivity index (χ2n) is 8.47. The standard InChI is InChI=1S/C25H25N5O3S/c1-16(22(31)26-18-11-5-6-12-18)34-25-28-27-23(33-25)21-19-13-7-8-14-20(19)24(32)30(29-21)15-17-9-3-2-4-10-17/h2-4,7-10,13-14,16,18H,5-6,11-12,15H2,1H3,(H,26,31). The van der Waals surface area contributed by atoms with E-state index in [2.05, 4.69) is 20.6 Å². The van der Waals surface area contributed by atoms with Crippen molar-refractivity contribution in [3.63, 3.8) is 0 Å². The van der Waals surface area contributed by atoms with Gasteiger partial charge in [-0.25, -0.2) is 4.68 Å². The number of nitrogens with zero attached hydrogens (tertiary/aromatic N) is 4.